The molecule has 2 aromatic rings. The molecular weight excluding hydrogens is 330 g/mol. The lowest BCUT2D eigenvalue weighted by atomic mass is 9.92. The van der Waals surface area contributed by atoms with Crippen LogP contribution in [0.3, 0.4) is 0 Å². The monoisotopic (exact) mass is 355 g/mol. The van der Waals surface area contributed by atoms with Crippen LogP contribution in [0, 0.1) is 5.92 Å². The van der Waals surface area contributed by atoms with Crippen LogP contribution in [0.2, 0.25) is 0 Å². The molecule has 2 aromatic carbocycles. The molecule has 5 heteroatoms. The number of ketones is 1. The third kappa shape index (κ3) is 4.17. The molecule has 0 amide bonds. The molecule has 2 rings (SSSR count). The zero-order valence-corrected chi connectivity index (χ0v) is 15.8. The second-order valence-corrected chi connectivity index (χ2v) is 6.15. The van der Waals surface area contributed by atoms with Crippen molar-refractivity contribution in [2.75, 3.05) is 27.1 Å². The van der Waals surface area contributed by atoms with Crippen molar-refractivity contribution in [3.8, 4) is 17.2 Å². The molecule has 0 aliphatic rings. The number of allylic oxidation sites excluding steroid dienone is 1. The molecule has 0 unspecified atom stereocenters. The van der Waals surface area contributed by atoms with Crippen molar-refractivity contribution in [3.63, 3.8) is 0 Å². The molecule has 0 aliphatic carbocycles. The van der Waals surface area contributed by atoms with Crippen LogP contribution in [0.4, 0.5) is 5.69 Å². The summed E-state index contributed by atoms with van der Waals surface area (Å²) in [7, 11) is 4.68. The Morgan fingerprint density at radius 3 is 2.15 bits per heavy atom. The van der Waals surface area contributed by atoms with E-state index in [-0.39, 0.29) is 11.7 Å². The fourth-order valence-electron chi connectivity index (χ4n) is 2.66. The Morgan fingerprint density at radius 2 is 1.62 bits per heavy atom. The predicted octanol–water partition coefficient (Wildman–Crippen LogP) is 4.22. The predicted molar refractivity (Wildman–Crippen MR) is 104 cm³/mol. The Labute approximate surface area is 154 Å². The number of carbonyl (C=O) groups is 1. The van der Waals surface area contributed by atoms with Crippen molar-refractivity contribution in [1.29, 1.82) is 0 Å². The van der Waals surface area contributed by atoms with Gasteiger partial charge in [0, 0.05) is 5.57 Å². The Hall–Kier alpha value is -2.95. The van der Waals surface area contributed by atoms with Gasteiger partial charge in [-0.15, -0.1) is 0 Å². The van der Waals surface area contributed by atoms with E-state index in [9.17, 15) is 4.79 Å². The molecular formula is C21H25NO4. The highest BCUT2D eigenvalue weighted by molar-refractivity contribution is 6.13. The summed E-state index contributed by atoms with van der Waals surface area (Å²) in [5.74, 6) is 1.63. The number of methoxy groups -OCH3 is 3. The second kappa shape index (κ2) is 8.43. The van der Waals surface area contributed by atoms with Gasteiger partial charge in [-0.2, -0.15) is 0 Å². The van der Waals surface area contributed by atoms with Crippen LogP contribution in [0.15, 0.2) is 42.0 Å². The van der Waals surface area contributed by atoms with Gasteiger partial charge in [-0.05, 0) is 47.9 Å². The molecule has 0 aromatic heterocycles. The van der Waals surface area contributed by atoms with Crippen molar-refractivity contribution in [3.05, 3.63) is 53.1 Å². The van der Waals surface area contributed by atoms with Crippen LogP contribution >= 0.6 is 0 Å². The molecule has 0 fully saturated rings. The summed E-state index contributed by atoms with van der Waals surface area (Å²) in [6, 6.07) is 10.6. The molecule has 2 N–H and O–H groups in total. The molecule has 0 heterocycles. The van der Waals surface area contributed by atoms with Gasteiger partial charge >= 0.3 is 0 Å². The van der Waals surface area contributed by atoms with Crippen molar-refractivity contribution in [2.45, 2.75) is 13.8 Å². The van der Waals surface area contributed by atoms with Crippen LogP contribution in [-0.4, -0.2) is 27.1 Å². The lowest BCUT2D eigenvalue weighted by molar-refractivity contribution is 0.102. The zero-order valence-electron chi connectivity index (χ0n) is 15.8. The number of nitrogens with two attached hydrogens (primary N) is 1. The average molecular weight is 355 g/mol. The number of hydrogen-bond acceptors (Lipinski definition) is 5. The number of nitrogen functional groups attached to an aromatic ring is 1. The van der Waals surface area contributed by atoms with E-state index in [4.69, 9.17) is 19.9 Å². The summed E-state index contributed by atoms with van der Waals surface area (Å²) < 4.78 is 15.8. The fourth-order valence-corrected chi connectivity index (χ4v) is 2.66. The van der Waals surface area contributed by atoms with Crippen molar-refractivity contribution in [2.24, 2.45) is 5.92 Å². The average Bonchev–Trinajstić information content (AvgIpc) is 2.64. The Kier molecular flexibility index (Phi) is 6.28. The summed E-state index contributed by atoms with van der Waals surface area (Å²) in [4.78, 5) is 13.2. The van der Waals surface area contributed by atoms with Crippen LogP contribution in [0.25, 0.3) is 6.08 Å². The van der Waals surface area contributed by atoms with E-state index >= 15 is 0 Å². The van der Waals surface area contributed by atoms with Gasteiger partial charge in [0.1, 0.15) is 17.2 Å². The first kappa shape index (κ1) is 19.4. The van der Waals surface area contributed by atoms with Crippen LogP contribution < -0.4 is 19.9 Å². The third-order valence-electron chi connectivity index (χ3n) is 4.11. The highest BCUT2D eigenvalue weighted by atomic mass is 16.5. The SMILES string of the molecule is COc1ccc(OC)c(C(=O)C(=Cc2ccc(OC)c(N)c2)C(C)C)c1. The Morgan fingerprint density at radius 1 is 0.962 bits per heavy atom. The van der Waals surface area contributed by atoms with E-state index in [1.807, 2.05) is 26.0 Å². The van der Waals surface area contributed by atoms with Gasteiger partial charge in [-0.3, -0.25) is 4.79 Å². The second-order valence-electron chi connectivity index (χ2n) is 6.15. The molecule has 0 bridgehead atoms. The number of anilines is 1. The summed E-state index contributed by atoms with van der Waals surface area (Å²) in [5.41, 5.74) is 8.46. The molecule has 0 saturated carbocycles. The molecule has 26 heavy (non-hydrogen) atoms. The first-order chi connectivity index (χ1) is 12.4. The molecule has 0 saturated heterocycles. The molecule has 138 valence electrons. The fraction of sp³-hybridized carbons (Fsp3) is 0.286. The highest BCUT2D eigenvalue weighted by Gasteiger charge is 2.20. The van der Waals surface area contributed by atoms with E-state index in [2.05, 4.69) is 0 Å². The Balaban J connectivity index is 2.50. The standard InChI is InChI=1S/C21H25NO4/c1-13(2)16(10-14-6-8-20(26-5)18(22)11-14)21(23)17-12-15(24-3)7-9-19(17)25-4/h6-13H,22H2,1-5H3. The van der Waals surface area contributed by atoms with E-state index in [0.29, 0.717) is 34.1 Å². The highest BCUT2D eigenvalue weighted by Crippen LogP contribution is 2.30. The third-order valence-corrected chi connectivity index (χ3v) is 4.11. The van der Waals surface area contributed by atoms with Gasteiger partial charge in [0.2, 0.25) is 0 Å². The van der Waals surface area contributed by atoms with Crippen LogP contribution in [-0.2, 0) is 0 Å². The molecule has 0 aliphatic heterocycles. The maximum Gasteiger partial charge on any atom is 0.193 e. The lowest BCUT2D eigenvalue weighted by Gasteiger charge is -2.15. The number of Topliss-reactive ketones (excluding diaryl/α,β-unsaturated/α-hetero) is 1. The van der Waals surface area contributed by atoms with Crippen LogP contribution in [0.1, 0.15) is 29.8 Å². The van der Waals surface area contributed by atoms with Gasteiger partial charge < -0.3 is 19.9 Å². The quantitative estimate of drug-likeness (QED) is 0.457. The van der Waals surface area contributed by atoms with E-state index in [1.165, 1.54) is 0 Å². The Bertz CT molecular complexity index is 825. The zero-order chi connectivity index (χ0) is 19.3. The topological polar surface area (TPSA) is 70.8 Å². The normalized spacial score (nSPS) is 11.4. The smallest absolute Gasteiger partial charge is 0.193 e. The number of carbonyl (C=O) groups excluding carboxylic acids is 1. The summed E-state index contributed by atoms with van der Waals surface area (Å²) in [5, 5.41) is 0. The van der Waals surface area contributed by atoms with Crippen LogP contribution in [0.5, 0.6) is 17.2 Å². The van der Waals surface area contributed by atoms with Gasteiger partial charge in [0.25, 0.3) is 0 Å². The lowest BCUT2D eigenvalue weighted by Crippen LogP contribution is -2.11. The van der Waals surface area contributed by atoms with Gasteiger partial charge in [-0.1, -0.05) is 19.9 Å². The van der Waals surface area contributed by atoms with E-state index in [1.54, 1.807) is 51.7 Å². The van der Waals surface area contributed by atoms with Crippen molar-refractivity contribution in [1.82, 2.24) is 0 Å². The van der Waals surface area contributed by atoms with Crippen molar-refractivity contribution < 1.29 is 19.0 Å². The number of benzene rings is 2. The van der Waals surface area contributed by atoms with E-state index in [0.717, 1.165) is 5.56 Å². The number of rotatable bonds is 7. The number of hydrogen-bond donors (Lipinski definition) is 1. The molecule has 0 radical (unpaired) electrons. The maximum atomic E-state index is 13.2. The van der Waals surface area contributed by atoms with Gasteiger partial charge in [0.05, 0.1) is 32.6 Å². The van der Waals surface area contributed by atoms with Gasteiger partial charge in [0.15, 0.2) is 5.78 Å². The van der Waals surface area contributed by atoms with E-state index < -0.39 is 0 Å². The minimum Gasteiger partial charge on any atom is -0.497 e. The minimum absolute atomic E-state index is 0.0155. The summed E-state index contributed by atoms with van der Waals surface area (Å²) >= 11 is 0. The molecule has 0 spiro atoms. The first-order valence-electron chi connectivity index (χ1n) is 8.33. The number of ether oxygens (including phenoxy) is 3. The summed E-state index contributed by atoms with van der Waals surface area (Å²) in [6.45, 7) is 3.95. The molecule has 5 nitrogen and oxygen atoms in total. The van der Waals surface area contributed by atoms with Crippen molar-refractivity contribution >= 4 is 17.5 Å². The molecule has 0 atom stereocenters. The largest absolute Gasteiger partial charge is 0.497 e. The first-order valence-corrected chi connectivity index (χ1v) is 8.33. The summed E-state index contributed by atoms with van der Waals surface area (Å²) in [6.07, 6.45) is 1.85. The maximum absolute atomic E-state index is 13.2. The van der Waals surface area contributed by atoms with Gasteiger partial charge in [-0.25, -0.2) is 0 Å². The minimum atomic E-state index is -0.106.